The van der Waals surface area contributed by atoms with Crippen molar-refractivity contribution in [2.24, 2.45) is 5.73 Å². The fourth-order valence-electron chi connectivity index (χ4n) is 2.60. The molecule has 1 aliphatic rings. The van der Waals surface area contributed by atoms with E-state index in [1.54, 1.807) is 24.3 Å². The van der Waals surface area contributed by atoms with E-state index < -0.39 is 12.1 Å². The summed E-state index contributed by atoms with van der Waals surface area (Å²) in [5.74, 6) is -0.134. The first-order valence-electron chi connectivity index (χ1n) is 7.71. The Morgan fingerprint density at radius 1 is 1.18 bits per heavy atom. The van der Waals surface area contributed by atoms with Crippen LogP contribution in [0.25, 0.3) is 0 Å². The number of benzene rings is 1. The number of ether oxygens (including phenoxy) is 1. The highest BCUT2D eigenvalue weighted by molar-refractivity contribution is 5.94. The maximum atomic E-state index is 12.3. The summed E-state index contributed by atoms with van der Waals surface area (Å²) in [4.78, 5) is 23.0. The van der Waals surface area contributed by atoms with Crippen molar-refractivity contribution in [2.45, 2.75) is 51.2 Å². The average Bonchev–Trinajstić information content (AvgIpc) is 2.99. The summed E-state index contributed by atoms with van der Waals surface area (Å²) in [6.45, 7) is 1.94. The molecule has 6 heteroatoms. The van der Waals surface area contributed by atoms with E-state index in [0.717, 1.165) is 12.8 Å². The minimum atomic E-state index is -0.618. The quantitative estimate of drug-likeness (QED) is 0.754. The number of hydrogen-bond acceptors (Lipinski definition) is 3. The van der Waals surface area contributed by atoms with Crippen molar-refractivity contribution in [1.82, 2.24) is 0 Å². The van der Waals surface area contributed by atoms with Gasteiger partial charge in [0.15, 0.2) is 0 Å². The van der Waals surface area contributed by atoms with Crippen LogP contribution in [0.15, 0.2) is 24.3 Å². The van der Waals surface area contributed by atoms with E-state index in [0.29, 0.717) is 17.8 Å². The molecule has 1 aliphatic carbocycles. The largest absolute Gasteiger partial charge is 0.365 e. The van der Waals surface area contributed by atoms with Gasteiger partial charge in [-0.05, 0) is 43.5 Å². The molecular formula is C16H23N3O3. The van der Waals surface area contributed by atoms with Gasteiger partial charge in [-0.3, -0.25) is 4.79 Å². The van der Waals surface area contributed by atoms with Crippen molar-refractivity contribution >= 4 is 23.3 Å². The second-order valence-electron chi connectivity index (χ2n) is 5.50. The van der Waals surface area contributed by atoms with Gasteiger partial charge in [-0.2, -0.15) is 0 Å². The Morgan fingerprint density at radius 2 is 1.73 bits per heavy atom. The lowest BCUT2D eigenvalue weighted by molar-refractivity contribution is -0.131. The zero-order valence-electron chi connectivity index (χ0n) is 12.8. The highest BCUT2D eigenvalue weighted by atomic mass is 16.5. The molecule has 22 heavy (non-hydrogen) atoms. The average molecular weight is 305 g/mol. The molecule has 120 valence electrons. The van der Waals surface area contributed by atoms with Crippen LogP contribution < -0.4 is 16.4 Å². The van der Waals surface area contributed by atoms with E-state index in [2.05, 4.69) is 10.6 Å². The summed E-state index contributed by atoms with van der Waals surface area (Å²) in [5, 5.41) is 5.31. The predicted octanol–water partition coefficient (Wildman–Crippen LogP) is 2.85. The van der Waals surface area contributed by atoms with Crippen LogP contribution in [-0.2, 0) is 9.53 Å². The zero-order valence-corrected chi connectivity index (χ0v) is 12.8. The molecule has 3 amide bonds. The van der Waals surface area contributed by atoms with Crippen LogP contribution >= 0.6 is 0 Å². The van der Waals surface area contributed by atoms with E-state index in [4.69, 9.17) is 10.5 Å². The van der Waals surface area contributed by atoms with Crippen LogP contribution in [0.1, 0.15) is 39.0 Å². The van der Waals surface area contributed by atoms with E-state index >= 15 is 0 Å². The minimum absolute atomic E-state index is 0.134. The van der Waals surface area contributed by atoms with Crippen molar-refractivity contribution in [3.8, 4) is 0 Å². The van der Waals surface area contributed by atoms with E-state index in [-0.39, 0.29) is 12.0 Å². The monoisotopic (exact) mass is 305 g/mol. The summed E-state index contributed by atoms with van der Waals surface area (Å²) >= 11 is 0. The second kappa shape index (κ2) is 7.79. The summed E-state index contributed by atoms with van der Waals surface area (Å²) in [7, 11) is 0. The van der Waals surface area contributed by atoms with Crippen molar-refractivity contribution in [2.75, 3.05) is 10.6 Å². The lowest BCUT2D eigenvalue weighted by Crippen LogP contribution is -2.32. The molecule has 0 aliphatic heterocycles. The van der Waals surface area contributed by atoms with Crippen LogP contribution in [0.2, 0.25) is 0 Å². The lowest BCUT2D eigenvalue weighted by atomic mass is 10.2. The molecule has 0 unspecified atom stereocenters. The van der Waals surface area contributed by atoms with Crippen molar-refractivity contribution in [3.63, 3.8) is 0 Å². The highest BCUT2D eigenvalue weighted by Crippen LogP contribution is 2.23. The van der Waals surface area contributed by atoms with E-state index in [1.165, 1.54) is 12.8 Å². The number of primary amides is 1. The fourth-order valence-corrected chi connectivity index (χ4v) is 2.60. The Labute approximate surface area is 130 Å². The lowest BCUT2D eigenvalue weighted by Gasteiger charge is -2.20. The van der Waals surface area contributed by atoms with Crippen LogP contribution in [0.3, 0.4) is 0 Å². The van der Waals surface area contributed by atoms with Gasteiger partial charge in [0.1, 0.15) is 6.10 Å². The fraction of sp³-hybridized carbons (Fsp3) is 0.500. The first-order chi connectivity index (χ1) is 10.6. The smallest absolute Gasteiger partial charge is 0.316 e. The number of urea groups is 1. The number of nitrogens with two attached hydrogens (primary N) is 1. The number of nitrogens with one attached hydrogen (secondary N) is 2. The summed E-state index contributed by atoms with van der Waals surface area (Å²) in [6, 6.07) is 6.17. The Bertz CT molecular complexity index is 510. The topological polar surface area (TPSA) is 93.4 Å². The number of hydrogen-bond donors (Lipinski definition) is 3. The van der Waals surface area contributed by atoms with Crippen LogP contribution in [0.4, 0.5) is 16.2 Å². The molecule has 1 saturated carbocycles. The van der Waals surface area contributed by atoms with Gasteiger partial charge in [0, 0.05) is 11.4 Å². The highest BCUT2D eigenvalue weighted by Gasteiger charge is 2.24. The summed E-state index contributed by atoms with van der Waals surface area (Å²) in [5.41, 5.74) is 6.29. The number of amides is 3. The zero-order chi connectivity index (χ0) is 15.9. The normalized spacial score (nSPS) is 16.2. The molecular weight excluding hydrogens is 282 g/mol. The molecule has 0 spiro atoms. The standard InChI is InChI=1S/C16H23N3O3/c1-2-14(22-13-5-3-4-6-13)15(20)18-11-7-9-12(10-8-11)19-16(17)21/h7-10,13-14H,2-6H2,1H3,(H,18,20)(H3,17,19,21)/t14-/m0/s1. The molecule has 0 saturated heterocycles. The van der Waals surface area contributed by atoms with Gasteiger partial charge in [0.25, 0.3) is 5.91 Å². The summed E-state index contributed by atoms with van der Waals surface area (Å²) < 4.78 is 5.89. The minimum Gasteiger partial charge on any atom is -0.365 e. The maximum Gasteiger partial charge on any atom is 0.316 e. The van der Waals surface area contributed by atoms with Crippen molar-refractivity contribution in [3.05, 3.63) is 24.3 Å². The molecule has 4 N–H and O–H groups in total. The predicted molar refractivity (Wildman–Crippen MR) is 85.7 cm³/mol. The number of anilines is 2. The third-order valence-corrected chi connectivity index (χ3v) is 3.74. The molecule has 1 aromatic rings. The number of carbonyl (C=O) groups excluding carboxylic acids is 2. The molecule has 0 radical (unpaired) electrons. The first-order valence-corrected chi connectivity index (χ1v) is 7.71. The van der Waals surface area contributed by atoms with E-state index in [9.17, 15) is 9.59 Å². The number of carbonyl (C=O) groups is 2. The SMILES string of the molecule is CC[C@H](OC1CCCC1)C(=O)Nc1ccc(NC(N)=O)cc1. The maximum absolute atomic E-state index is 12.3. The molecule has 0 bridgehead atoms. The van der Waals surface area contributed by atoms with Crippen LogP contribution in [-0.4, -0.2) is 24.1 Å². The third kappa shape index (κ3) is 4.73. The van der Waals surface area contributed by atoms with Gasteiger partial charge in [-0.25, -0.2) is 4.79 Å². The molecule has 1 aromatic carbocycles. The van der Waals surface area contributed by atoms with Crippen LogP contribution in [0.5, 0.6) is 0 Å². The van der Waals surface area contributed by atoms with Gasteiger partial charge >= 0.3 is 6.03 Å². The first kappa shape index (κ1) is 16.3. The van der Waals surface area contributed by atoms with Gasteiger partial charge in [-0.1, -0.05) is 19.8 Å². The van der Waals surface area contributed by atoms with Gasteiger partial charge < -0.3 is 21.1 Å². The van der Waals surface area contributed by atoms with E-state index in [1.807, 2.05) is 6.92 Å². The third-order valence-electron chi connectivity index (χ3n) is 3.74. The Morgan fingerprint density at radius 3 is 2.23 bits per heavy atom. The molecule has 2 rings (SSSR count). The Kier molecular flexibility index (Phi) is 5.77. The molecule has 1 fully saturated rings. The van der Waals surface area contributed by atoms with Gasteiger partial charge in [0.2, 0.25) is 0 Å². The molecule has 6 nitrogen and oxygen atoms in total. The van der Waals surface area contributed by atoms with Gasteiger partial charge in [-0.15, -0.1) is 0 Å². The van der Waals surface area contributed by atoms with Gasteiger partial charge in [0.05, 0.1) is 6.10 Å². The molecule has 0 heterocycles. The molecule has 0 aromatic heterocycles. The molecule has 1 atom stereocenters. The van der Waals surface area contributed by atoms with Crippen molar-refractivity contribution in [1.29, 1.82) is 0 Å². The summed E-state index contributed by atoms with van der Waals surface area (Å²) in [6.07, 6.45) is 4.86. The Balaban J connectivity index is 1.89. The second-order valence-corrected chi connectivity index (χ2v) is 5.50. The van der Waals surface area contributed by atoms with Crippen molar-refractivity contribution < 1.29 is 14.3 Å². The number of rotatable bonds is 6. The van der Waals surface area contributed by atoms with Crippen LogP contribution in [0, 0.1) is 0 Å². The Hall–Kier alpha value is -2.08.